The fraction of sp³-hybridized carbons (Fsp3) is 0.267. The normalized spacial score (nSPS) is 18.8. The molecule has 1 aliphatic heterocycles. The van der Waals surface area contributed by atoms with Gasteiger partial charge in [-0.2, -0.15) is 4.31 Å². The maximum atomic E-state index is 12.7. The minimum Gasteiger partial charge on any atom is -0.309 e. The van der Waals surface area contributed by atoms with E-state index in [1.54, 1.807) is 46.7 Å². The van der Waals surface area contributed by atoms with E-state index in [2.05, 4.69) is 0 Å². The predicted octanol–water partition coefficient (Wildman–Crippen LogP) is 2.83. The molecule has 0 aliphatic carbocycles. The van der Waals surface area contributed by atoms with Crippen LogP contribution < -0.4 is 4.90 Å². The summed E-state index contributed by atoms with van der Waals surface area (Å²) in [4.78, 5) is 14.2. The average Bonchev–Trinajstić information content (AvgIpc) is 3.17. The van der Waals surface area contributed by atoms with Crippen LogP contribution in [0.4, 0.5) is 5.69 Å². The zero-order chi connectivity index (χ0) is 16.6. The molecule has 1 unspecified atom stereocenters. The molecule has 122 valence electrons. The van der Waals surface area contributed by atoms with Crippen LogP contribution in [0.25, 0.3) is 0 Å². The number of sulfonamides is 1. The molecule has 2 heterocycles. The summed E-state index contributed by atoms with van der Waals surface area (Å²) in [5.74, 6) is -0.249. The molecule has 0 N–H and O–H groups in total. The smallest absolute Gasteiger partial charge is 0.253 e. The van der Waals surface area contributed by atoms with Crippen molar-refractivity contribution in [3.63, 3.8) is 0 Å². The molecule has 0 bridgehead atoms. The van der Waals surface area contributed by atoms with Gasteiger partial charge in [-0.1, -0.05) is 29.8 Å². The van der Waals surface area contributed by atoms with Gasteiger partial charge in [-0.05, 0) is 30.0 Å². The molecule has 8 heteroatoms. The van der Waals surface area contributed by atoms with Gasteiger partial charge in [0.05, 0.1) is 10.7 Å². The second kappa shape index (κ2) is 6.24. The summed E-state index contributed by atoms with van der Waals surface area (Å²) in [6.45, 7) is 0.442. The number of likely N-dealkylation sites (N-methyl/N-ethyl adjacent to an activating group) is 1. The van der Waals surface area contributed by atoms with Crippen molar-refractivity contribution in [3.8, 4) is 0 Å². The third-order valence-corrected chi connectivity index (χ3v) is 7.45. The van der Waals surface area contributed by atoms with E-state index in [4.69, 9.17) is 11.6 Å². The molecule has 0 spiro atoms. The van der Waals surface area contributed by atoms with Gasteiger partial charge in [0.15, 0.2) is 0 Å². The summed E-state index contributed by atoms with van der Waals surface area (Å²) in [7, 11) is -2.20. The highest BCUT2D eigenvalue weighted by Gasteiger charge is 2.41. The van der Waals surface area contributed by atoms with Gasteiger partial charge >= 0.3 is 0 Å². The van der Waals surface area contributed by atoms with Crippen molar-refractivity contribution < 1.29 is 13.2 Å². The summed E-state index contributed by atoms with van der Waals surface area (Å²) in [6, 6.07) is 9.57. The fourth-order valence-corrected chi connectivity index (χ4v) is 5.39. The number of benzene rings is 1. The number of carbonyl (C=O) groups is 1. The first-order valence-electron chi connectivity index (χ1n) is 7.00. The number of hydrogen-bond acceptors (Lipinski definition) is 4. The molecule has 2 aromatic rings. The number of amides is 1. The van der Waals surface area contributed by atoms with E-state index in [1.807, 2.05) is 0 Å². The molecule has 1 amide bonds. The lowest BCUT2D eigenvalue weighted by Gasteiger charge is -2.23. The van der Waals surface area contributed by atoms with Gasteiger partial charge < -0.3 is 4.90 Å². The second-order valence-corrected chi connectivity index (χ2v) is 8.78. The molecular formula is C15H15ClN2O3S2. The quantitative estimate of drug-likeness (QED) is 0.831. The van der Waals surface area contributed by atoms with Crippen molar-refractivity contribution in [1.29, 1.82) is 0 Å². The van der Waals surface area contributed by atoms with Gasteiger partial charge in [0.25, 0.3) is 10.0 Å². The highest BCUT2D eigenvalue weighted by atomic mass is 35.5. The number of nitrogens with zero attached hydrogens (tertiary/aromatic N) is 2. The first-order chi connectivity index (χ1) is 10.9. The third kappa shape index (κ3) is 2.89. The molecule has 0 saturated carbocycles. The van der Waals surface area contributed by atoms with Crippen LogP contribution in [-0.2, 0) is 14.8 Å². The van der Waals surface area contributed by atoms with Gasteiger partial charge in [-0.3, -0.25) is 4.79 Å². The molecule has 1 aliphatic rings. The predicted molar refractivity (Wildman–Crippen MR) is 91.5 cm³/mol. The van der Waals surface area contributed by atoms with Crippen LogP contribution in [0.3, 0.4) is 0 Å². The lowest BCUT2D eigenvalue weighted by atomic mass is 10.2. The molecular weight excluding hydrogens is 356 g/mol. The first-order valence-corrected chi connectivity index (χ1v) is 9.70. The molecule has 1 fully saturated rings. The summed E-state index contributed by atoms with van der Waals surface area (Å²) < 4.78 is 26.6. The first kappa shape index (κ1) is 16.4. The van der Waals surface area contributed by atoms with Crippen molar-refractivity contribution in [2.75, 3.05) is 18.5 Å². The van der Waals surface area contributed by atoms with Crippen molar-refractivity contribution in [3.05, 3.63) is 46.8 Å². The van der Waals surface area contributed by atoms with Crippen molar-refractivity contribution in [2.45, 2.75) is 16.7 Å². The Kier molecular flexibility index (Phi) is 4.46. The average molecular weight is 371 g/mol. The second-order valence-electron chi connectivity index (χ2n) is 5.20. The molecule has 1 aromatic heterocycles. The van der Waals surface area contributed by atoms with E-state index in [0.29, 0.717) is 23.7 Å². The Morgan fingerprint density at radius 2 is 2.00 bits per heavy atom. The summed E-state index contributed by atoms with van der Waals surface area (Å²) in [5, 5.41) is 2.18. The minimum absolute atomic E-state index is 0.240. The van der Waals surface area contributed by atoms with Gasteiger partial charge in [-0.15, -0.1) is 11.3 Å². The standard InChI is InChI=1S/C15H15ClN2O3S2/c1-17(23(20,21)14-7-4-10-22-14)13-8-9-18(15(13)19)12-6-3-2-5-11(12)16/h2-7,10,13H,8-9H2,1H3. The molecule has 1 aromatic carbocycles. The summed E-state index contributed by atoms with van der Waals surface area (Å²) in [6.07, 6.45) is 0.436. The Hall–Kier alpha value is -1.41. The molecule has 0 radical (unpaired) electrons. The van der Waals surface area contributed by atoms with Gasteiger partial charge in [-0.25, -0.2) is 8.42 Å². The van der Waals surface area contributed by atoms with E-state index in [0.717, 1.165) is 15.6 Å². The van der Waals surface area contributed by atoms with Crippen LogP contribution >= 0.6 is 22.9 Å². The number of hydrogen-bond donors (Lipinski definition) is 0. The van der Waals surface area contributed by atoms with Crippen molar-refractivity contribution >= 4 is 44.6 Å². The van der Waals surface area contributed by atoms with E-state index in [9.17, 15) is 13.2 Å². The van der Waals surface area contributed by atoms with E-state index in [-0.39, 0.29) is 10.1 Å². The molecule has 3 rings (SSSR count). The maximum Gasteiger partial charge on any atom is 0.253 e. The third-order valence-electron chi connectivity index (χ3n) is 3.89. The zero-order valence-corrected chi connectivity index (χ0v) is 14.7. The topological polar surface area (TPSA) is 57.7 Å². The lowest BCUT2D eigenvalue weighted by Crippen LogP contribution is -2.42. The Labute approximate surface area is 144 Å². The number of rotatable bonds is 4. The summed E-state index contributed by atoms with van der Waals surface area (Å²) >= 11 is 7.29. The Morgan fingerprint density at radius 3 is 2.65 bits per heavy atom. The molecule has 1 atom stereocenters. The van der Waals surface area contributed by atoms with Crippen LogP contribution in [0.1, 0.15) is 6.42 Å². The number of thiophene rings is 1. The van der Waals surface area contributed by atoms with E-state index < -0.39 is 16.1 Å². The van der Waals surface area contributed by atoms with Crippen LogP contribution in [0.5, 0.6) is 0 Å². The van der Waals surface area contributed by atoms with Gasteiger partial charge in [0.2, 0.25) is 5.91 Å². The van der Waals surface area contributed by atoms with Crippen LogP contribution in [-0.4, -0.2) is 38.3 Å². The lowest BCUT2D eigenvalue weighted by molar-refractivity contribution is -0.120. The highest BCUT2D eigenvalue weighted by molar-refractivity contribution is 7.91. The van der Waals surface area contributed by atoms with Gasteiger partial charge in [0.1, 0.15) is 10.3 Å². The van der Waals surface area contributed by atoms with Crippen LogP contribution in [0.15, 0.2) is 46.0 Å². The maximum absolute atomic E-state index is 12.7. The summed E-state index contributed by atoms with van der Waals surface area (Å²) in [5.41, 5.74) is 0.614. The van der Waals surface area contributed by atoms with E-state index >= 15 is 0 Å². The monoisotopic (exact) mass is 370 g/mol. The number of carbonyl (C=O) groups excluding carboxylic acids is 1. The Bertz CT molecular complexity index is 821. The van der Waals surface area contributed by atoms with Crippen LogP contribution in [0, 0.1) is 0 Å². The SMILES string of the molecule is CN(C1CCN(c2ccccc2Cl)C1=O)S(=O)(=O)c1cccs1. The molecule has 1 saturated heterocycles. The van der Waals surface area contributed by atoms with Crippen LogP contribution in [0.2, 0.25) is 5.02 Å². The molecule has 5 nitrogen and oxygen atoms in total. The zero-order valence-electron chi connectivity index (χ0n) is 12.3. The van der Waals surface area contributed by atoms with E-state index in [1.165, 1.54) is 7.05 Å². The van der Waals surface area contributed by atoms with Crippen molar-refractivity contribution in [1.82, 2.24) is 4.31 Å². The number of anilines is 1. The van der Waals surface area contributed by atoms with Crippen molar-refractivity contribution in [2.24, 2.45) is 0 Å². The number of halogens is 1. The highest BCUT2D eigenvalue weighted by Crippen LogP contribution is 2.32. The largest absolute Gasteiger partial charge is 0.309 e. The molecule has 23 heavy (non-hydrogen) atoms. The Morgan fingerprint density at radius 1 is 1.26 bits per heavy atom. The Balaban J connectivity index is 1.86. The fourth-order valence-electron chi connectivity index (χ4n) is 2.63. The number of para-hydroxylation sites is 1. The van der Waals surface area contributed by atoms with Gasteiger partial charge in [0, 0.05) is 13.6 Å². The minimum atomic E-state index is -3.66.